The third-order valence-electron chi connectivity index (χ3n) is 4.35. The molecule has 0 saturated heterocycles. The van der Waals surface area contributed by atoms with Gasteiger partial charge < -0.3 is 20.5 Å². The zero-order valence-corrected chi connectivity index (χ0v) is 13.9. The molecule has 1 aliphatic heterocycles. The molecule has 6 heteroatoms. The number of carbonyl (C=O) groups is 1. The van der Waals surface area contributed by atoms with E-state index in [0.29, 0.717) is 29.3 Å². The van der Waals surface area contributed by atoms with Crippen molar-refractivity contribution in [2.24, 2.45) is 0 Å². The Kier molecular flexibility index (Phi) is 4.53. The number of carbonyl (C=O) groups excluding carboxylic acids is 1. The van der Waals surface area contributed by atoms with Gasteiger partial charge in [-0.3, -0.25) is 4.79 Å². The van der Waals surface area contributed by atoms with Gasteiger partial charge in [-0.25, -0.2) is 0 Å². The van der Waals surface area contributed by atoms with Gasteiger partial charge >= 0.3 is 0 Å². The quantitative estimate of drug-likeness (QED) is 0.838. The third-order valence-corrected chi connectivity index (χ3v) is 4.35. The number of rotatable bonds is 3. The predicted octanol–water partition coefficient (Wildman–Crippen LogP) is 3.09. The molecule has 0 radical (unpaired) electrons. The highest BCUT2D eigenvalue weighted by molar-refractivity contribution is 5.95. The van der Waals surface area contributed by atoms with E-state index in [0.717, 1.165) is 18.4 Å². The first kappa shape index (κ1) is 16.5. The number of benzene rings is 2. The Hall–Kier alpha value is -2.40. The number of fused-ring (bicyclic) bond motifs is 2. The lowest BCUT2D eigenvalue weighted by Gasteiger charge is -2.10. The second kappa shape index (κ2) is 6.61. The molecule has 0 aromatic heterocycles. The van der Waals surface area contributed by atoms with Crippen molar-refractivity contribution in [3.8, 4) is 11.5 Å². The summed E-state index contributed by atoms with van der Waals surface area (Å²) in [7, 11) is 0. The summed E-state index contributed by atoms with van der Waals surface area (Å²) in [5.41, 5.74) is 10.8. The van der Waals surface area contributed by atoms with Crippen molar-refractivity contribution in [2.75, 3.05) is 17.8 Å². The van der Waals surface area contributed by atoms with Crippen LogP contribution in [0.1, 0.15) is 23.1 Å². The average molecular weight is 347 g/mol. The van der Waals surface area contributed by atoms with E-state index in [1.807, 2.05) is 6.07 Å². The number of amides is 1. The Morgan fingerprint density at radius 3 is 2.67 bits per heavy atom. The van der Waals surface area contributed by atoms with E-state index < -0.39 is 0 Å². The van der Waals surface area contributed by atoms with E-state index in [1.165, 1.54) is 17.5 Å². The Morgan fingerprint density at radius 1 is 1.08 bits per heavy atom. The van der Waals surface area contributed by atoms with Gasteiger partial charge in [0, 0.05) is 12.1 Å². The second-order valence-corrected chi connectivity index (χ2v) is 5.97. The van der Waals surface area contributed by atoms with Crippen molar-refractivity contribution in [1.29, 1.82) is 0 Å². The summed E-state index contributed by atoms with van der Waals surface area (Å²) in [6.45, 7) is 0.182. The molecule has 1 amide bonds. The van der Waals surface area contributed by atoms with Gasteiger partial charge in [0.15, 0.2) is 11.5 Å². The van der Waals surface area contributed by atoms with Gasteiger partial charge in [-0.1, -0.05) is 18.2 Å². The zero-order chi connectivity index (χ0) is 15.8. The minimum atomic E-state index is -0.0893. The Balaban J connectivity index is 0.00000169. The van der Waals surface area contributed by atoms with Gasteiger partial charge in [-0.05, 0) is 36.0 Å². The van der Waals surface area contributed by atoms with E-state index in [4.69, 9.17) is 15.2 Å². The number of nitrogens with two attached hydrogens (primary N) is 1. The maximum Gasteiger partial charge on any atom is 0.231 e. The number of hydrogen-bond donors (Lipinski definition) is 2. The molecule has 2 aliphatic rings. The van der Waals surface area contributed by atoms with Crippen LogP contribution in [0.5, 0.6) is 11.5 Å². The van der Waals surface area contributed by atoms with Crippen molar-refractivity contribution in [3.63, 3.8) is 0 Å². The first-order valence-corrected chi connectivity index (χ1v) is 7.79. The summed E-state index contributed by atoms with van der Waals surface area (Å²) in [4.78, 5) is 12.3. The monoisotopic (exact) mass is 346 g/mol. The smallest absolute Gasteiger partial charge is 0.231 e. The van der Waals surface area contributed by atoms with Gasteiger partial charge in [0.05, 0.1) is 17.8 Å². The summed E-state index contributed by atoms with van der Waals surface area (Å²) >= 11 is 0. The van der Waals surface area contributed by atoms with Crippen LogP contribution in [0.3, 0.4) is 0 Å². The molecular formula is C18H19ClN2O3. The number of ether oxygens (including phenoxy) is 2. The summed E-state index contributed by atoms with van der Waals surface area (Å²) in [5.74, 6) is 1.12. The van der Waals surface area contributed by atoms with E-state index in [2.05, 4.69) is 17.4 Å². The summed E-state index contributed by atoms with van der Waals surface area (Å²) in [6.07, 6.45) is 3.80. The summed E-state index contributed by atoms with van der Waals surface area (Å²) in [6, 6.07) is 9.70. The first-order chi connectivity index (χ1) is 11.2. The van der Waals surface area contributed by atoms with Crippen molar-refractivity contribution < 1.29 is 14.3 Å². The van der Waals surface area contributed by atoms with E-state index in [9.17, 15) is 4.79 Å². The number of anilines is 2. The van der Waals surface area contributed by atoms with E-state index in [-0.39, 0.29) is 25.1 Å². The maximum absolute atomic E-state index is 12.3. The number of hydrogen-bond acceptors (Lipinski definition) is 4. The number of aryl methyl sites for hydroxylation is 2. The number of nitrogen functional groups attached to an aromatic ring is 1. The van der Waals surface area contributed by atoms with Crippen LogP contribution < -0.4 is 20.5 Å². The van der Waals surface area contributed by atoms with Crippen LogP contribution in [0.4, 0.5) is 11.4 Å². The molecule has 0 bridgehead atoms. The molecular weight excluding hydrogens is 328 g/mol. The summed E-state index contributed by atoms with van der Waals surface area (Å²) < 4.78 is 10.6. The lowest BCUT2D eigenvalue weighted by molar-refractivity contribution is -0.115. The molecule has 2 aromatic carbocycles. The van der Waals surface area contributed by atoms with Crippen molar-refractivity contribution in [1.82, 2.24) is 0 Å². The third kappa shape index (κ3) is 3.12. The molecule has 2 aromatic rings. The molecule has 0 unspecified atom stereocenters. The lowest BCUT2D eigenvalue weighted by atomic mass is 10.0. The fraction of sp³-hybridized carbons (Fsp3) is 0.278. The minimum absolute atomic E-state index is 0. The molecule has 5 nitrogen and oxygen atoms in total. The average Bonchev–Trinajstić information content (AvgIpc) is 3.15. The van der Waals surface area contributed by atoms with Gasteiger partial charge in [-0.15, -0.1) is 12.4 Å². The van der Waals surface area contributed by atoms with Crippen LogP contribution in [-0.4, -0.2) is 12.7 Å². The fourth-order valence-corrected chi connectivity index (χ4v) is 3.18. The molecule has 3 N–H and O–H groups in total. The normalized spacial score (nSPS) is 14.0. The highest BCUT2D eigenvalue weighted by atomic mass is 35.5. The van der Waals surface area contributed by atoms with Crippen LogP contribution in [0.15, 0.2) is 30.3 Å². The highest BCUT2D eigenvalue weighted by Gasteiger charge is 2.18. The molecule has 0 atom stereocenters. The van der Waals surface area contributed by atoms with Crippen LogP contribution in [0.25, 0.3) is 0 Å². The molecule has 0 fully saturated rings. The number of nitrogens with one attached hydrogen (secondary N) is 1. The van der Waals surface area contributed by atoms with Crippen molar-refractivity contribution >= 4 is 29.7 Å². The molecule has 4 rings (SSSR count). The van der Waals surface area contributed by atoms with Crippen molar-refractivity contribution in [3.05, 3.63) is 47.0 Å². The van der Waals surface area contributed by atoms with Gasteiger partial charge in [-0.2, -0.15) is 0 Å². The standard InChI is InChI=1S/C18H18N2O3.ClH/c19-14-8-16-17(23-10-22-16)9-15(14)20-18(21)7-11-4-5-12-2-1-3-13(12)6-11;/h4-6,8-9H,1-3,7,10,19H2,(H,20,21);1H. The molecule has 126 valence electrons. The van der Waals surface area contributed by atoms with Gasteiger partial charge in [0.1, 0.15) is 0 Å². The molecule has 1 heterocycles. The maximum atomic E-state index is 12.3. The first-order valence-electron chi connectivity index (χ1n) is 7.79. The van der Waals surface area contributed by atoms with Crippen LogP contribution in [0, 0.1) is 0 Å². The topological polar surface area (TPSA) is 73.6 Å². The van der Waals surface area contributed by atoms with Crippen molar-refractivity contribution in [2.45, 2.75) is 25.7 Å². The van der Waals surface area contributed by atoms with Crippen LogP contribution in [0.2, 0.25) is 0 Å². The fourth-order valence-electron chi connectivity index (χ4n) is 3.18. The zero-order valence-electron chi connectivity index (χ0n) is 13.1. The Labute approximate surface area is 146 Å². The van der Waals surface area contributed by atoms with E-state index in [1.54, 1.807) is 12.1 Å². The minimum Gasteiger partial charge on any atom is -0.454 e. The molecule has 1 aliphatic carbocycles. The van der Waals surface area contributed by atoms with Crippen LogP contribution in [-0.2, 0) is 24.1 Å². The van der Waals surface area contributed by atoms with Crippen LogP contribution >= 0.6 is 12.4 Å². The predicted molar refractivity (Wildman–Crippen MR) is 95.0 cm³/mol. The lowest BCUT2D eigenvalue weighted by Crippen LogP contribution is -2.15. The Morgan fingerprint density at radius 2 is 1.83 bits per heavy atom. The second-order valence-electron chi connectivity index (χ2n) is 5.97. The highest BCUT2D eigenvalue weighted by Crippen LogP contribution is 2.38. The van der Waals surface area contributed by atoms with Gasteiger partial charge in [0.2, 0.25) is 12.7 Å². The Bertz CT molecular complexity index is 792. The largest absolute Gasteiger partial charge is 0.454 e. The SMILES string of the molecule is Cl.Nc1cc2c(cc1NC(=O)Cc1ccc3c(c1)CCC3)OCO2. The summed E-state index contributed by atoms with van der Waals surface area (Å²) in [5, 5.41) is 2.86. The molecule has 0 spiro atoms. The van der Waals surface area contributed by atoms with Gasteiger partial charge in [0.25, 0.3) is 0 Å². The molecule has 0 saturated carbocycles. The van der Waals surface area contributed by atoms with E-state index >= 15 is 0 Å². The molecule has 24 heavy (non-hydrogen) atoms. The number of halogens is 1.